The Morgan fingerprint density at radius 3 is 2.95 bits per heavy atom. The van der Waals surface area contributed by atoms with Crippen LogP contribution >= 0.6 is 0 Å². The number of hydrogen-bond donors (Lipinski definition) is 1. The second kappa shape index (κ2) is 7.01. The molecule has 1 fully saturated rings. The maximum Gasteiger partial charge on any atom is 0.126 e. The molecule has 0 bridgehead atoms. The minimum atomic E-state index is -0.127. The van der Waals surface area contributed by atoms with Crippen LogP contribution in [0.15, 0.2) is 18.2 Å². The highest BCUT2D eigenvalue weighted by Crippen LogP contribution is 2.25. The molecule has 0 aliphatic carbocycles. The monoisotopic (exact) mass is 265 g/mol. The van der Waals surface area contributed by atoms with Crippen LogP contribution in [0.4, 0.5) is 4.39 Å². The molecule has 1 aromatic rings. The molecule has 19 heavy (non-hydrogen) atoms. The average molecular weight is 265 g/mol. The van der Waals surface area contributed by atoms with Gasteiger partial charge in [-0.25, -0.2) is 4.39 Å². The number of hydrogen-bond acceptors (Lipinski definition) is 2. The average Bonchev–Trinajstić information content (AvgIpc) is 2.91. The Morgan fingerprint density at radius 1 is 1.47 bits per heavy atom. The highest BCUT2D eigenvalue weighted by molar-refractivity contribution is 5.26. The lowest BCUT2D eigenvalue weighted by Crippen LogP contribution is -2.22. The highest BCUT2D eigenvalue weighted by Gasteiger charge is 2.18. The van der Waals surface area contributed by atoms with Crippen LogP contribution < -0.4 is 5.32 Å². The maximum atomic E-state index is 13.3. The molecule has 2 rings (SSSR count). The van der Waals surface area contributed by atoms with E-state index in [1.807, 2.05) is 19.1 Å². The maximum absolute atomic E-state index is 13.3. The lowest BCUT2D eigenvalue weighted by Gasteiger charge is -2.20. The second-order valence-electron chi connectivity index (χ2n) is 5.33. The van der Waals surface area contributed by atoms with Gasteiger partial charge >= 0.3 is 0 Å². The molecule has 2 atom stereocenters. The summed E-state index contributed by atoms with van der Waals surface area (Å²) >= 11 is 0. The van der Waals surface area contributed by atoms with E-state index in [1.165, 1.54) is 18.4 Å². The Kier molecular flexibility index (Phi) is 5.34. The van der Waals surface area contributed by atoms with Crippen molar-refractivity contribution in [3.63, 3.8) is 0 Å². The van der Waals surface area contributed by atoms with Crippen LogP contribution in [0, 0.1) is 12.7 Å². The quantitative estimate of drug-likeness (QED) is 0.846. The molecule has 0 radical (unpaired) electrons. The first-order chi connectivity index (χ1) is 9.20. The Labute approximate surface area is 115 Å². The molecule has 2 nitrogen and oxygen atoms in total. The number of benzene rings is 1. The Bertz CT molecular complexity index is 402. The van der Waals surface area contributed by atoms with Crippen LogP contribution in [0.5, 0.6) is 0 Å². The van der Waals surface area contributed by atoms with Crippen molar-refractivity contribution in [3.8, 4) is 0 Å². The fraction of sp³-hybridized carbons (Fsp3) is 0.625. The van der Waals surface area contributed by atoms with Gasteiger partial charge in [0.25, 0.3) is 0 Å². The normalized spacial score (nSPS) is 20.7. The largest absolute Gasteiger partial charge is 0.378 e. The molecule has 1 aliphatic heterocycles. The number of nitrogens with one attached hydrogen (secondary N) is 1. The van der Waals surface area contributed by atoms with Crippen LogP contribution in [0.25, 0.3) is 0 Å². The van der Waals surface area contributed by atoms with E-state index in [-0.39, 0.29) is 5.82 Å². The summed E-state index contributed by atoms with van der Waals surface area (Å²) in [5.74, 6) is -0.127. The molecule has 3 heteroatoms. The van der Waals surface area contributed by atoms with Gasteiger partial charge < -0.3 is 10.1 Å². The molecule has 0 amide bonds. The summed E-state index contributed by atoms with van der Waals surface area (Å²) in [5, 5.41) is 3.49. The van der Waals surface area contributed by atoms with Crippen molar-refractivity contribution in [2.75, 3.05) is 13.2 Å². The van der Waals surface area contributed by atoms with Gasteiger partial charge in [-0.15, -0.1) is 0 Å². The molecule has 1 saturated heterocycles. The van der Waals surface area contributed by atoms with E-state index < -0.39 is 0 Å². The lowest BCUT2D eigenvalue weighted by molar-refractivity contribution is 0.0996. The van der Waals surface area contributed by atoms with Crippen LogP contribution in [-0.4, -0.2) is 19.3 Å². The minimum Gasteiger partial charge on any atom is -0.378 e. The standard InChI is InChI=1S/C16H24FNO/c1-3-18-16(9-7-14-5-4-10-19-14)13-6-8-15(17)12(2)11-13/h6,8,11,14,16,18H,3-5,7,9-10H2,1-2H3. The van der Waals surface area contributed by atoms with Gasteiger partial charge in [-0.3, -0.25) is 0 Å². The van der Waals surface area contributed by atoms with E-state index in [4.69, 9.17) is 4.74 Å². The van der Waals surface area contributed by atoms with Crippen LogP contribution in [0.2, 0.25) is 0 Å². The summed E-state index contributed by atoms with van der Waals surface area (Å²) in [4.78, 5) is 0. The van der Waals surface area contributed by atoms with Gasteiger partial charge in [-0.1, -0.05) is 19.1 Å². The molecular weight excluding hydrogens is 241 g/mol. The van der Waals surface area contributed by atoms with Crippen molar-refractivity contribution in [3.05, 3.63) is 35.1 Å². The summed E-state index contributed by atoms with van der Waals surface area (Å²) in [5.41, 5.74) is 1.90. The van der Waals surface area contributed by atoms with Gasteiger partial charge in [0.05, 0.1) is 6.10 Å². The number of aryl methyl sites for hydroxylation is 1. The van der Waals surface area contributed by atoms with Gasteiger partial charge in [0.2, 0.25) is 0 Å². The van der Waals surface area contributed by atoms with E-state index in [2.05, 4.69) is 12.2 Å². The Morgan fingerprint density at radius 2 is 2.32 bits per heavy atom. The van der Waals surface area contributed by atoms with Gasteiger partial charge in [-0.05, 0) is 56.3 Å². The van der Waals surface area contributed by atoms with Gasteiger partial charge in [0.1, 0.15) is 5.82 Å². The van der Waals surface area contributed by atoms with Crippen molar-refractivity contribution in [1.82, 2.24) is 5.32 Å². The van der Waals surface area contributed by atoms with Crippen LogP contribution in [-0.2, 0) is 4.74 Å². The van der Waals surface area contributed by atoms with E-state index in [0.29, 0.717) is 12.1 Å². The molecule has 1 N–H and O–H groups in total. The van der Waals surface area contributed by atoms with E-state index in [1.54, 1.807) is 6.07 Å². The van der Waals surface area contributed by atoms with Crippen molar-refractivity contribution in [2.24, 2.45) is 0 Å². The molecule has 106 valence electrons. The fourth-order valence-electron chi connectivity index (χ4n) is 2.74. The smallest absolute Gasteiger partial charge is 0.126 e. The minimum absolute atomic E-state index is 0.127. The summed E-state index contributed by atoms with van der Waals surface area (Å²) in [6.45, 7) is 5.76. The van der Waals surface area contributed by atoms with Crippen LogP contribution in [0.1, 0.15) is 49.8 Å². The highest BCUT2D eigenvalue weighted by atomic mass is 19.1. The topological polar surface area (TPSA) is 21.3 Å². The predicted molar refractivity (Wildman–Crippen MR) is 75.8 cm³/mol. The van der Waals surface area contributed by atoms with E-state index >= 15 is 0 Å². The molecule has 0 spiro atoms. The van der Waals surface area contributed by atoms with Gasteiger partial charge in [0, 0.05) is 12.6 Å². The zero-order valence-electron chi connectivity index (χ0n) is 11.9. The fourth-order valence-corrected chi connectivity index (χ4v) is 2.74. The molecule has 0 aromatic heterocycles. The Balaban J connectivity index is 1.99. The van der Waals surface area contributed by atoms with Crippen LogP contribution in [0.3, 0.4) is 0 Å². The first-order valence-electron chi connectivity index (χ1n) is 7.31. The SMILES string of the molecule is CCNC(CCC1CCCO1)c1ccc(F)c(C)c1. The number of rotatable bonds is 6. The molecular formula is C16H24FNO. The van der Waals surface area contributed by atoms with Crippen molar-refractivity contribution in [1.29, 1.82) is 0 Å². The van der Waals surface area contributed by atoms with Gasteiger partial charge in [-0.2, -0.15) is 0 Å². The summed E-state index contributed by atoms with van der Waals surface area (Å²) < 4.78 is 19.0. The molecule has 1 aliphatic rings. The van der Waals surface area contributed by atoms with E-state index in [9.17, 15) is 4.39 Å². The summed E-state index contributed by atoms with van der Waals surface area (Å²) in [7, 11) is 0. The third-order valence-electron chi connectivity index (χ3n) is 3.84. The van der Waals surface area contributed by atoms with Crippen molar-refractivity contribution in [2.45, 2.75) is 51.7 Å². The molecule has 0 saturated carbocycles. The summed E-state index contributed by atoms with van der Waals surface area (Å²) in [6, 6.07) is 5.72. The number of halogens is 1. The molecule has 2 unspecified atom stereocenters. The zero-order valence-corrected chi connectivity index (χ0v) is 11.9. The first kappa shape index (κ1) is 14.5. The second-order valence-corrected chi connectivity index (χ2v) is 5.33. The van der Waals surface area contributed by atoms with Crippen molar-refractivity contribution < 1.29 is 9.13 Å². The van der Waals surface area contributed by atoms with E-state index in [0.717, 1.165) is 31.6 Å². The zero-order chi connectivity index (χ0) is 13.7. The Hall–Kier alpha value is -0.930. The molecule has 1 heterocycles. The van der Waals surface area contributed by atoms with Crippen molar-refractivity contribution >= 4 is 0 Å². The predicted octanol–water partition coefficient (Wildman–Crippen LogP) is 3.74. The van der Waals surface area contributed by atoms with Gasteiger partial charge in [0.15, 0.2) is 0 Å². The third-order valence-corrected chi connectivity index (χ3v) is 3.84. The lowest BCUT2D eigenvalue weighted by atomic mass is 9.97. The third kappa shape index (κ3) is 4.02. The molecule has 1 aromatic carbocycles. The first-order valence-corrected chi connectivity index (χ1v) is 7.31. The summed E-state index contributed by atoms with van der Waals surface area (Å²) in [6.07, 6.45) is 4.91. The number of ether oxygens (including phenoxy) is 1.